The molecule has 4 heteroatoms. The summed E-state index contributed by atoms with van der Waals surface area (Å²) in [7, 11) is 2.24. The Hall–Kier alpha value is -1.57. The number of para-hydroxylation sites is 1. The zero-order chi connectivity index (χ0) is 15.4. The first-order valence-electron chi connectivity index (χ1n) is 8.41. The molecular weight excluding hydrogens is 272 g/mol. The average Bonchev–Trinajstić information content (AvgIpc) is 2.56. The molecule has 3 rings (SSSR count). The number of piperidine rings is 1. The Morgan fingerprint density at radius 2 is 1.91 bits per heavy atom. The van der Waals surface area contributed by atoms with Crippen LogP contribution in [0, 0.1) is 17.2 Å². The van der Waals surface area contributed by atoms with E-state index < -0.39 is 0 Å². The number of piperazine rings is 1. The molecule has 0 saturated carbocycles. The molecule has 0 radical (unpaired) electrons. The van der Waals surface area contributed by atoms with Crippen LogP contribution in [-0.4, -0.2) is 62.7 Å². The minimum Gasteiger partial charge on any atom is -0.368 e. The van der Waals surface area contributed by atoms with Gasteiger partial charge in [-0.25, -0.2) is 0 Å². The molecule has 1 aromatic rings. The lowest BCUT2D eigenvalue weighted by atomic mass is 9.97. The lowest BCUT2D eigenvalue weighted by Gasteiger charge is -2.39. The molecule has 4 nitrogen and oxygen atoms in total. The van der Waals surface area contributed by atoms with Crippen LogP contribution in [0.25, 0.3) is 0 Å². The molecule has 0 aliphatic carbocycles. The van der Waals surface area contributed by atoms with E-state index in [4.69, 9.17) is 0 Å². The Kier molecular flexibility index (Phi) is 4.97. The minimum atomic E-state index is 0.796. The summed E-state index contributed by atoms with van der Waals surface area (Å²) >= 11 is 0. The van der Waals surface area contributed by atoms with E-state index in [9.17, 15) is 5.26 Å². The van der Waals surface area contributed by atoms with Crippen molar-refractivity contribution in [3.05, 3.63) is 29.8 Å². The van der Waals surface area contributed by atoms with Crippen LogP contribution in [0.15, 0.2) is 24.3 Å². The molecule has 1 atom stereocenters. The molecule has 22 heavy (non-hydrogen) atoms. The van der Waals surface area contributed by atoms with Crippen LogP contribution in [0.1, 0.15) is 18.4 Å². The second-order valence-corrected chi connectivity index (χ2v) is 6.69. The zero-order valence-corrected chi connectivity index (χ0v) is 13.5. The third-order valence-electron chi connectivity index (χ3n) is 4.98. The topological polar surface area (TPSA) is 33.5 Å². The van der Waals surface area contributed by atoms with Crippen molar-refractivity contribution in [2.45, 2.75) is 12.8 Å². The van der Waals surface area contributed by atoms with Crippen LogP contribution < -0.4 is 4.90 Å². The van der Waals surface area contributed by atoms with E-state index in [1.54, 1.807) is 0 Å². The molecule has 0 bridgehead atoms. The molecule has 2 aliphatic heterocycles. The maximum absolute atomic E-state index is 9.25. The van der Waals surface area contributed by atoms with E-state index in [0.717, 1.165) is 43.3 Å². The van der Waals surface area contributed by atoms with E-state index in [0.29, 0.717) is 0 Å². The van der Waals surface area contributed by atoms with Gasteiger partial charge in [-0.05, 0) is 44.5 Å². The number of hydrogen-bond acceptors (Lipinski definition) is 4. The number of nitriles is 1. The number of benzene rings is 1. The number of hydrogen-bond donors (Lipinski definition) is 0. The van der Waals surface area contributed by atoms with E-state index in [1.165, 1.54) is 32.5 Å². The van der Waals surface area contributed by atoms with Crippen molar-refractivity contribution in [1.29, 1.82) is 5.26 Å². The third-order valence-corrected chi connectivity index (χ3v) is 4.98. The fourth-order valence-electron chi connectivity index (χ4n) is 3.80. The summed E-state index contributed by atoms with van der Waals surface area (Å²) in [6, 6.07) is 10.3. The highest BCUT2D eigenvalue weighted by Gasteiger charge is 2.23. The molecule has 2 aliphatic rings. The SMILES string of the molecule is CN1CCC[C@@H](CN2CCN(c3ccccc3C#N)CC2)C1. The predicted molar refractivity (Wildman–Crippen MR) is 90.0 cm³/mol. The Morgan fingerprint density at radius 3 is 2.64 bits per heavy atom. The standard InChI is InChI=1S/C18H26N4/c1-20-8-4-5-16(14-20)15-21-9-11-22(12-10-21)18-7-3-2-6-17(18)13-19/h2-3,6-7,16H,4-5,8-12,14-15H2,1H3/t16-/m1/s1. The van der Waals surface area contributed by atoms with Gasteiger partial charge in [0.05, 0.1) is 11.3 Å². The van der Waals surface area contributed by atoms with Crippen molar-refractivity contribution in [3.8, 4) is 6.07 Å². The molecule has 0 unspecified atom stereocenters. The van der Waals surface area contributed by atoms with E-state index in [-0.39, 0.29) is 0 Å². The van der Waals surface area contributed by atoms with Gasteiger partial charge in [-0.2, -0.15) is 5.26 Å². The van der Waals surface area contributed by atoms with Gasteiger partial charge < -0.3 is 9.80 Å². The van der Waals surface area contributed by atoms with Crippen molar-refractivity contribution in [3.63, 3.8) is 0 Å². The van der Waals surface area contributed by atoms with Crippen molar-refractivity contribution in [2.24, 2.45) is 5.92 Å². The molecular formula is C18H26N4. The van der Waals surface area contributed by atoms with Crippen LogP contribution in [0.3, 0.4) is 0 Å². The average molecular weight is 298 g/mol. The van der Waals surface area contributed by atoms with Crippen LogP contribution in [0.2, 0.25) is 0 Å². The third kappa shape index (κ3) is 3.60. The second kappa shape index (κ2) is 7.13. The summed E-state index contributed by atoms with van der Waals surface area (Å²) in [6.07, 6.45) is 2.72. The number of rotatable bonds is 3. The summed E-state index contributed by atoms with van der Waals surface area (Å²) in [6.45, 7) is 8.02. The van der Waals surface area contributed by atoms with Gasteiger partial charge in [0.1, 0.15) is 6.07 Å². The van der Waals surface area contributed by atoms with Crippen molar-refractivity contribution in [1.82, 2.24) is 9.80 Å². The molecule has 0 amide bonds. The predicted octanol–water partition coefficient (Wildman–Crippen LogP) is 2.02. The largest absolute Gasteiger partial charge is 0.368 e. The Bertz CT molecular complexity index is 528. The second-order valence-electron chi connectivity index (χ2n) is 6.69. The molecule has 118 valence electrons. The van der Waals surface area contributed by atoms with Gasteiger partial charge >= 0.3 is 0 Å². The smallest absolute Gasteiger partial charge is 0.101 e. The van der Waals surface area contributed by atoms with Gasteiger partial charge in [-0.1, -0.05) is 12.1 Å². The van der Waals surface area contributed by atoms with E-state index >= 15 is 0 Å². The summed E-state index contributed by atoms with van der Waals surface area (Å²) in [5.41, 5.74) is 1.90. The molecule has 0 N–H and O–H groups in total. The first-order chi connectivity index (χ1) is 10.8. The van der Waals surface area contributed by atoms with E-state index in [2.05, 4.69) is 33.9 Å². The van der Waals surface area contributed by atoms with Crippen molar-refractivity contribution in [2.75, 3.05) is 57.8 Å². The van der Waals surface area contributed by atoms with Gasteiger partial charge in [0.15, 0.2) is 0 Å². The highest BCUT2D eigenvalue weighted by Crippen LogP contribution is 2.22. The number of likely N-dealkylation sites (tertiary alicyclic amines) is 1. The van der Waals surface area contributed by atoms with Gasteiger partial charge in [-0.15, -0.1) is 0 Å². The van der Waals surface area contributed by atoms with Crippen LogP contribution in [0.4, 0.5) is 5.69 Å². The normalized spacial score (nSPS) is 24.2. The summed E-state index contributed by atoms with van der Waals surface area (Å²) in [5, 5.41) is 9.25. The lowest BCUT2D eigenvalue weighted by molar-refractivity contribution is 0.147. The molecule has 0 aromatic heterocycles. The quantitative estimate of drug-likeness (QED) is 0.855. The first-order valence-corrected chi connectivity index (χ1v) is 8.41. The first kappa shape index (κ1) is 15.3. The number of anilines is 1. The Morgan fingerprint density at radius 1 is 1.14 bits per heavy atom. The zero-order valence-electron chi connectivity index (χ0n) is 13.5. The van der Waals surface area contributed by atoms with Gasteiger partial charge in [-0.3, -0.25) is 4.90 Å². The van der Waals surface area contributed by atoms with Gasteiger partial charge in [0.25, 0.3) is 0 Å². The lowest BCUT2D eigenvalue weighted by Crippen LogP contribution is -2.49. The molecule has 2 saturated heterocycles. The minimum absolute atomic E-state index is 0.796. The summed E-state index contributed by atoms with van der Waals surface area (Å²) in [4.78, 5) is 7.44. The Labute approximate surface area is 133 Å². The maximum atomic E-state index is 9.25. The van der Waals surface area contributed by atoms with Gasteiger partial charge in [0, 0.05) is 39.3 Å². The van der Waals surface area contributed by atoms with Crippen LogP contribution >= 0.6 is 0 Å². The van der Waals surface area contributed by atoms with Crippen molar-refractivity contribution >= 4 is 5.69 Å². The van der Waals surface area contributed by atoms with E-state index in [1.807, 2.05) is 18.2 Å². The monoisotopic (exact) mass is 298 g/mol. The maximum Gasteiger partial charge on any atom is 0.101 e. The van der Waals surface area contributed by atoms with Crippen molar-refractivity contribution < 1.29 is 0 Å². The Balaban J connectivity index is 1.53. The summed E-state index contributed by atoms with van der Waals surface area (Å²) in [5.74, 6) is 0.830. The highest BCUT2D eigenvalue weighted by molar-refractivity contribution is 5.59. The number of nitrogens with zero attached hydrogens (tertiary/aromatic N) is 4. The molecule has 2 fully saturated rings. The van der Waals surface area contributed by atoms with Crippen LogP contribution in [-0.2, 0) is 0 Å². The van der Waals surface area contributed by atoms with Gasteiger partial charge in [0.2, 0.25) is 0 Å². The molecule has 1 aromatic carbocycles. The summed E-state index contributed by atoms with van der Waals surface area (Å²) < 4.78 is 0. The molecule has 0 spiro atoms. The fourth-order valence-corrected chi connectivity index (χ4v) is 3.80. The molecule has 2 heterocycles. The fraction of sp³-hybridized carbons (Fsp3) is 0.611. The highest BCUT2D eigenvalue weighted by atomic mass is 15.3. The van der Waals surface area contributed by atoms with Crippen LogP contribution in [0.5, 0.6) is 0 Å².